The van der Waals surface area contributed by atoms with Gasteiger partial charge in [-0.2, -0.15) is 0 Å². The van der Waals surface area contributed by atoms with Gasteiger partial charge in [0.15, 0.2) is 0 Å². The van der Waals surface area contributed by atoms with Crippen molar-refractivity contribution >= 4 is 28.6 Å². The molecule has 0 fully saturated rings. The summed E-state index contributed by atoms with van der Waals surface area (Å²) in [6.45, 7) is 0.215. The zero-order valence-electron chi connectivity index (χ0n) is 12.5. The third-order valence-electron chi connectivity index (χ3n) is 3.43. The molecule has 0 saturated carbocycles. The Kier molecular flexibility index (Phi) is 4.98. The number of hydrogen-bond acceptors (Lipinski definition) is 3. The molecule has 0 bridgehead atoms. The molecular weight excluding hydrogens is 317 g/mol. The molecule has 1 heterocycles. The van der Waals surface area contributed by atoms with Crippen LogP contribution < -0.4 is 10.1 Å². The van der Waals surface area contributed by atoms with Gasteiger partial charge in [0.05, 0.1) is 16.1 Å². The minimum atomic E-state index is -0.528. The van der Waals surface area contributed by atoms with E-state index in [0.717, 1.165) is 35.5 Å². The van der Waals surface area contributed by atoms with Crippen LogP contribution in [0.2, 0.25) is 5.02 Å². The number of aromatic amines is 1. The number of benzene rings is 2. The summed E-state index contributed by atoms with van der Waals surface area (Å²) in [4.78, 5) is 7.68. The summed E-state index contributed by atoms with van der Waals surface area (Å²) in [6.07, 6.45) is 0.792. The molecule has 0 aliphatic rings. The van der Waals surface area contributed by atoms with E-state index in [1.807, 2.05) is 36.4 Å². The second-order valence-electron chi connectivity index (χ2n) is 5.08. The first-order valence-corrected chi connectivity index (χ1v) is 7.80. The lowest BCUT2D eigenvalue weighted by Gasteiger charge is -2.08. The Morgan fingerprint density at radius 3 is 2.87 bits per heavy atom. The van der Waals surface area contributed by atoms with Gasteiger partial charge in [-0.05, 0) is 36.2 Å². The molecule has 2 aromatic carbocycles. The van der Waals surface area contributed by atoms with Crippen LogP contribution in [-0.2, 0) is 6.42 Å². The molecule has 4 nitrogen and oxygen atoms in total. The van der Waals surface area contributed by atoms with E-state index < -0.39 is 6.67 Å². The van der Waals surface area contributed by atoms with Gasteiger partial charge in [-0.1, -0.05) is 29.8 Å². The fourth-order valence-corrected chi connectivity index (χ4v) is 2.58. The molecule has 0 radical (unpaired) electrons. The maximum absolute atomic E-state index is 12.1. The summed E-state index contributed by atoms with van der Waals surface area (Å²) < 4.78 is 17.3. The molecular formula is C17H17ClFN3O. The number of nitrogens with one attached hydrogen (secondary N) is 2. The lowest BCUT2D eigenvalue weighted by Crippen LogP contribution is -2.06. The Balaban J connectivity index is 1.56. The Hall–Kier alpha value is -2.27. The molecule has 3 rings (SSSR count). The molecule has 0 aliphatic carbocycles. The van der Waals surface area contributed by atoms with Gasteiger partial charge in [0.1, 0.15) is 19.0 Å². The van der Waals surface area contributed by atoms with Gasteiger partial charge >= 0.3 is 0 Å². The number of para-hydroxylation sites is 2. The summed E-state index contributed by atoms with van der Waals surface area (Å²) in [7, 11) is 0. The Labute approximate surface area is 138 Å². The number of ether oxygens (including phenoxy) is 1. The van der Waals surface area contributed by atoms with Crippen LogP contribution in [0.1, 0.15) is 5.56 Å². The lowest BCUT2D eigenvalue weighted by atomic mass is 10.1. The van der Waals surface area contributed by atoms with Crippen LogP contribution in [0.3, 0.4) is 0 Å². The molecule has 0 aliphatic heterocycles. The maximum Gasteiger partial charge on any atom is 0.201 e. The Morgan fingerprint density at radius 1 is 1.22 bits per heavy atom. The van der Waals surface area contributed by atoms with Crippen molar-refractivity contribution in [1.29, 1.82) is 0 Å². The molecule has 2 N–H and O–H groups in total. The monoisotopic (exact) mass is 333 g/mol. The van der Waals surface area contributed by atoms with E-state index in [-0.39, 0.29) is 6.61 Å². The van der Waals surface area contributed by atoms with Crippen LogP contribution in [-0.4, -0.2) is 29.8 Å². The first kappa shape index (κ1) is 15.6. The van der Waals surface area contributed by atoms with Crippen molar-refractivity contribution in [2.45, 2.75) is 6.42 Å². The fraction of sp³-hybridized carbons (Fsp3) is 0.235. The second-order valence-corrected chi connectivity index (χ2v) is 5.49. The van der Waals surface area contributed by atoms with Gasteiger partial charge in [-0.15, -0.1) is 0 Å². The third-order valence-corrected chi connectivity index (χ3v) is 3.72. The van der Waals surface area contributed by atoms with Crippen LogP contribution in [0.15, 0.2) is 42.5 Å². The van der Waals surface area contributed by atoms with Crippen molar-refractivity contribution in [3.05, 3.63) is 53.1 Å². The topological polar surface area (TPSA) is 49.9 Å². The predicted molar refractivity (Wildman–Crippen MR) is 91.2 cm³/mol. The summed E-state index contributed by atoms with van der Waals surface area (Å²) in [6, 6.07) is 13.4. The highest BCUT2D eigenvalue weighted by Crippen LogP contribution is 2.25. The van der Waals surface area contributed by atoms with E-state index in [1.54, 1.807) is 6.07 Å². The van der Waals surface area contributed by atoms with Crippen molar-refractivity contribution in [2.75, 3.05) is 25.1 Å². The van der Waals surface area contributed by atoms with Gasteiger partial charge < -0.3 is 15.0 Å². The first-order valence-electron chi connectivity index (χ1n) is 7.42. The molecule has 6 heteroatoms. The van der Waals surface area contributed by atoms with Crippen molar-refractivity contribution in [3.8, 4) is 5.75 Å². The summed E-state index contributed by atoms with van der Waals surface area (Å²) >= 11 is 6.13. The minimum absolute atomic E-state index is 0.0205. The third kappa shape index (κ3) is 3.93. The first-order chi connectivity index (χ1) is 11.3. The molecule has 23 heavy (non-hydrogen) atoms. The normalized spacial score (nSPS) is 10.9. The van der Waals surface area contributed by atoms with Crippen LogP contribution >= 0.6 is 11.6 Å². The highest BCUT2D eigenvalue weighted by Gasteiger charge is 2.04. The number of imidazole rings is 1. The van der Waals surface area contributed by atoms with E-state index in [0.29, 0.717) is 10.8 Å². The zero-order chi connectivity index (χ0) is 16.1. The van der Waals surface area contributed by atoms with Gasteiger partial charge in [0, 0.05) is 6.54 Å². The standard InChI is InChI=1S/C17H17ClFN3O/c18-13-11-12(5-6-16(13)23-10-8-19)7-9-20-17-21-14-3-1-2-4-15(14)22-17/h1-6,11H,7-10H2,(H2,20,21,22). The molecule has 0 amide bonds. The minimum Gasteiger partial charge on any atom is -0.489 e. The Bertz CT molecular complexity index is 757. The van der Waals surface area contributed by atoms with Crippen LogP contribution in [0, 0.1) is 0 Å². The molecule has 3 aromatic rings. The number of anilines is 1. The largest absolute Gasteiger partial charge is 0.489 e. The molecule has 1 aromatic heterocycles. The number of halogens is 2. The van der Waals surface area contributed by atoms with E-state index in [2.05, 4.69) is 15.3 Å². The van der Waals surface area contributed by atoms with Gasteiger partial charge in [0.2, 0.25) is 5.95 Å². The molecule has 0 saturated heterocycles. The van der Waals surface area contributed by atoms with E-state index in [9.17, 15) is 4.39 Å². The van der Waals surface area contributed by atoms with Crippen molar-refractivity contribution in [1.82, 2.24) is 9.97 Å². The number of H-pyrrole nitrogens is 1. The van der Waals surface area contributed by atoms with Gasteiger partial charge in [0.25, 0.3) is 0 Å². The van der Waals surface area contributed by atoms with Crippen LogP contribution in [0.4, 0.5) is 10.3 Å². The fourth-order valence-electron chi connectivity index (χ4n) is 2.33. The van der Waals surface area contributed by atoms with E-state index in [4.69, 9.17) is 16.3 Å². The SMILES string of the molecule is FCCOc1ccc(CCNc2nc3ccccc3[nH]2)cc1Cl. The number of aromatic nitrogens is 2. The maximum atomic E-state index is 12.1. The number of rotatable bonds is 7. The van der Waals surface area contributed by atoms with E-state index in [1.165, 1.54) is 0 Å². The van der Waals surface area contributed by atoms with Gasteiger partial charge in [-0.25, -0.2) is 9.37 Å². The van der Waals surface area contributed by atoms with E-state index >= 15 is 0 Å². The highest BCUT2D eigenvalue weighted by molar-refractivity contribution is 6.32. The molecule has 0 atom stereocenters. The van der Waals surface area contributed by atoms with Gasteiger partial charge in [-0.3, -0.25) is 0 Å². The second kappa shape index (κ2) is 7.33. The number of alkyl halides is 1. The summed E-state index contributed by atoms with van der Waals surface area (Å²) in [5.41, 5.74) is 3.02. The zero-order valence-corrected chi connectivity index (χ0v) is 13.2. The number of fused-ring (bicyclic) bond motifs is 1. The average molecular weight is 334 g/mol. The summed E-state index contributed by atoms with van der Waals surface area (Å²) in [5, 5.41) is 3.76. The smallest absolute Gasteiger partial charge is 0.201 e. The van der Waals surface area contributed by atoms with Crippen molar-refractivity contribution in [3.63, 3.8) is 0 Å². The quantitative estimate of drug-likeness (QED) is 0.680. The van der Waals surface area contributed by atoms with Crippen LogP contribution in [0.5, 0.6) is 5.75 Å². The van der Waals surface area contributed by atoms with Crippen LogP contribution in [0.25, 0.3) is 11.0 Å². The Morgan fingerprint density at radius 2 is 2.09 bits per heavy atom. The highest BCUT2D eigenvalue weighted by atomic mass is 35.5. The predicted octanol–water partition coefficient (Wildman–Crippen LogP) is 4.22. The number of hydrogen-bond donors (Lipinski definition) is 2. The molecule has 0 spiro atoms. The molecule has 120 valence electrons. The van der Waals surface area contributed by atoms with Crippen molar-refractivity contribution in [2.24, 2.45) is 0 Å². The summed E-state index contributed by atoms with van der Waals surface area (Å²) in [5.74, 6) is 1.26. The van der Waals surface area contributed by atoms with Crippen molar-refractivity contribution < 1.29 is 9.13 Å². The number of nitrogens with zero attached hydrogens (tertiary/aromatic N) is 1. The average Bonchev–Trinajstić information content (AvgIpc) is 2.97. The lowest BCUT2D eigenvalue weighted by molar-refractivity contribution is 0.273. The molecule has 0 unspecified atom stereocenters.